The molecule has 130 valence electrons. The molecule has 1 aliphatic rings. The van der Waals surface area contributed by atoms with Gasteiger partial charge in [0.1, 0.15) is 0 Å². The molecule has 0 aliphatic carbocycles. The summed E-state index contributed by atoms with van der Waals surface area (Å²) < 4.78 is 0. The summed E-state index contributed by atoms with van der Waals surface area (Å²) in [7, 11) is 0. The van der Waals surface area contributed by atoms with E-state index < -0.39 is 23.5 Å². The van der Waals surface area contributed by atoms with Gasteiger partial charge >= 0.3 is 0 Å². The first-order chi connectivity index (χ1) is 12.0. The summed E-state index contributed by atoms with van der Waals surface area (Å²) in [5.74, 6) is -3.38. The lowest BCUT2D eigenvalue weighted by molar-refractivity contribution is -0.134. The molecule has 2 atom stereocenters. The average Bonchev–Trinajstić information content (AvgIpc) is 3.02. The van der Waals surface area contributed by atoms with Gasteiger partial charge < -0.3 is 10.2 Å². The Kier molecular flexibility index (Phi) is 6.07. The Bertz CT molecular complexity index is 736. The number of aryl methyl sites for hydroxylation is 1. The number of nitrogens with one attached hydrogen (secondary N) is 1. The van der Waals surface area contributed by atoms with Crippen LogP contribution in [0.25, 0.3) is 0 Å². The van der Waals surface area contributed by atoms with E-state index in [0.29, 0.717) is 0 Å². The van der Waals surface area contributed by atoms with Crippen molar-refractivity contribution in [2.75, 3.05) is 18.0 Å². The number of amides is 2. The third kappa shape index (κ3) is 3.94. The van der Waals surface area contributed by atoms with E-state index in [4.69, 9.17) is 0 Å². The Morgan fingerprint density at radius 2 is 2.20 bits per heavy atom. The quantitative estimate of drug-likeness (QED) is 0.604. The van der Waals surface area contributed by atoms with E-state index in [1.54, 1.807) is 11.0 Å². The number of Topliss-reactive ketones (excluding diaryl/α,β-unsaturated/α-hetero) is 1. The summed E-state index contributed by atoms with van der Waals surface area (Å²) in [6.07, 6.45) is 2.26. The first-order valence-electron chi connectivity index (χ1n) is 8.23. The molecule has 1 aliphatic heterocycles. The zero-order valence-corrected chi connectivity index (χ0v) is 14.2. The highest BCUT2D eigenvalue weighted by Crippen LogP contribution is 2.30. The van der Waals surface area contributed by atoms with Gasteiger partial charge in [-0.1, -0.05) is 31.2 Å². The third-order valence-corrected chi connectivity index (χ3v) is 4.29. The molecule has 1 heterocycles. The fourth-order valence-corrected chi connectivity index (χ4v) is 2.97. The number of carbonyl (C=O) groups is 3. The highest BCUT2D eigenvalue weighted by molar-refractivity contribution is 6.09. The lowest BCUT2D eigenvalue weighted by Crippen LogP contribution is -2.38. The van der Waals surface area contributed by atoms with Crippen LogP contribution in [0.5, 0.6) is 0 Å². The van der Waals surface area contributed by atoms with Gasteiger partial charge in [-0.25, -0.2) is 0 Å². The van der Waals surface area contributed by atoms with E-state index in [1.165, 1.54) is 6.08 Å². The van der Waals surface area contributed by atoms with E-state index >= 15 is 0 Å². The van der Waals surface area contributed by atoms with Crippen LogP contribution in [-0.4, -0.2) is 30.7 Å². The molecule has 6 nitrogen and oxygen atoms in total. The third-order valence-electron chi connectivity index (χ3n) is 4.29. The minimum Gasteiger partial charge on any atom is -0.351 e. The van der Waals surface area contributed by atoms with Gasteiger partial charge in [-0.2, -0.15) is 5.26 Å². The Morgan fingerprint density at radius 3 is 2.84 bits per heavy atom. The van der Waals surface area contributed by atoms with Crippen LogP contribution < -0.4 is 10.2 Å². The standard InChI is InChI=1S/C19H21N3O3/c1-3-9-21-19(25)15(11-20)18(24)14-10-17(23)22(12-14)16-8-6-5-7-13(16)4-2/h3,5-8,14-15H,1,4,9-10,12H2,2H3,(H,21,25)/t14-,15-/m0/s1. The second kappa shape index (κ2) is 8.25. The van der Waals surface area contributed by atoms with Crippen LogP contribution in [0.4, 0.5) is 5.69 Å². The van der Waals surface area contributed by atoms with Crippen LogP contribution in [0.1, 0.15) is 18.9 Å². The number of hydrogen-bond donors (Lipinski definition) is 1. The van der Waals surface area contributed by atoms with Crippen molar-refractivity contribution >= 4 is 23.3 Å². The summed E-state index contributed by atoms with van der Waals surface area (Å²) >= 11 is 0. The van der Waals surface area contributed by atoms with Gasteiger partial charge in [0.25, 0.3) is 0 Å². The number of para-hydroxylation sites is 1. The molecule has 0 unspecified atom stereocenters. The van der Waals surface area contributed by atoms with Crippen LogP contribution in [0.3, 0.4) is 0 Å². The number of ketones is 1. The van der Waals surface area contributed by atoms with Gasteiger partial charge in [0.15, 0.2) is 11.7 Å². The number of benzene rings is 1. The maximum atomic E-state index is 12.6. The van der Waals surface area contributed by atoms with Crippen LogP contribution in [0, 0.1) is 23.2 Å². The molecular formula is C19H21N3O3. The van der Waals surface area contributed by atoms with E-state index in [9.17, 15) is 19.6 Å². The SMILES string of the molecule is C=CCNC(=O)[C@@H](C#N)C(=O)[C@H]1CC(=O)N(c2ccccc2CC)C1. The predicted molar refractivity (Wildman–Crippen MR) is 93.6 cm³/mol. The van der Waals surface area contributed by atoms with E-state index in [1.807, 2.05) is 31.2 Å². The Hall–Kier alpha value is -2.94. The van der Waals surface area contributed by atoms with Crippen LogP contribution in [-0.2, 0) is 20.8 Å². The molecular weight excluding hydrogens is 318 g/mol. The monoisotopic (exact) mass is 339 g/mol. The number of rotatable bonds is 7. The van der Waals surface area contributed by atoms with E-state index in [2.05, 4.69) is 11.9 Å². The Labute approximate surface area is 147 Å². The van der Waals surface area contributed by atoms with Crippen molar-refractivity contribution in [2.24, 2.45) is 11.8 Å². The second-order valence-corrected chi connectivity index (χ2v) is 5.89. The molecule has 0 aromatic heterocycles. The van der Waals surface area contributed by atoms with Crippen molar-refractivity contribution in [1.82, 2.24) is 5.32 Å². The van der Waals surface area contributed by atoms with Crippen molar-refractivity contribution in [1.29, 1.82) is 5.26 Å². The topological polar surface area (TPSA) is 90.3 Å². The summed E-state index contributed by atoms with van der Waals surface area (Å²) in [6.45, 7) is 5.85. The van der Waals surface area contributed by atoms with E-state index in [-0.39, 0.29) is 25.4 Å². The maximum Gasteiger partial charge on any atom is 0.245 e. The number of anilines is 1. The fourth-order valence-electron chi connectivity index (χ4n) is 2.97. The summed E-state index contributed by atoms with van der Waals surface area (Å²) in [5, 5.41) is 11.7. The zero-order chi connectivity index (χ0) is 18.4. The minimum atomic E-state index is -1.40. The first kappa shape index (κ1) is 18.4. The van der Waals surface area contributed by atoms with Gasteiger partial charge in [0, 0.05) is 31.1 Å². The fraction of sp³-hybridized carbons (Fsp3) is 0.368. The zero-order valence-electron chi connectivity index (χ0n) is 14.2. The van der Waals surface area contributed by atoms with Crippen molar-refractivity contribution in [3.05, 3.63) is 42.5 Å². The molecule has 0 spiro atoms. The van der Waals surface area contributed by atoms with Crippen molar-refractivity contribution < 1.29 is 14.4 Å². The van der Waals surface area contributed by atoms with Gasteiger partial charge in [-0.3, -0.25) is 14.4 Å². The van der Waals surface area contributed by atoms with Crippen LogP contribution in [0.2, 0.25) is 0 Å². The number of nitrogens with zero attached hydrogens (tertiary/aromatic N) is 2. The predicted octanol–water partition coefficient (Wildman–Crippen LogP) is 1.61. The van der Waals surface area contributed by atoms with Gasteiger partial charge in [-0.15, -0.1) is 6.58 Å². The molecule has 2 rings (SSSR count). The summed E-state index contributed by atoms with van der Waals surface area (Å²) in [6, 6.07) is 9.29. The maximum absolute atomic E-state index is 12.6. The minimum absolute atomic E-state index is 0.0177. The lowest BCUT2D eigenvalue weighted by Gasteiger charge is -2.20. The van der Waals surface area contributed by atoms with Crippen LogP contribution >= 0.6 is 0 Å². The second-order valence-electron chi connectivity index (χ2n) is 5.89. The number of hydrogen-bond acceptors (Lipinski definition) is 4. The molecule has 2 amide bonds. The molecule has 1 aromatic rings. The highest BCUT2D eigenvalue weighted by atomic mass is 16.2. The molecule has 0 radical (unpaired) electrons. The molecule has 1 fully saturated rings. The van der Waals surface area contributed by atoms with Crippen molar-refractivity contribution in [2.45, 2.75) is 19.8 Å². The van der Waals surface area contributed by atoms with Gasteiger partial charge in [0.2, 0.25) is 11.8 Å². The molecule has 6 heteroatoms. The molecule has 25 heavy (non-hydrogen) atoms. The lowest BCUT2D eigenvalue weighted by atomic mass is 9.92. The van der Waals surface area contributed by atoms with Crippen molar-refractivity contribution in [3.63, 3.8) is 0 Å². The van der Waals surface area contributed by atoms with Gasteiger partial charge in [-0.05, 0) is 18.1 Å². The summed E-state index contributed by atoms with van der Waals surface area (Å²) in [4.78, 5) is 38.5. The summed E-state index contributed by atoms with van der Waals surface area (Å²) in [5.41, 5.74) is 1.81. The van der Waals surface area contributed by atoms with E-state index in [0.717, 1.165) is 17.7 Å². The molecule has 1 aromatic carbocycles. The number of nitriles is 1. The first-order valence-corrected chi connectivity index (χ1v) is 8.23. The van der Waals surface area contributed by atoms with Crippen LogP contribution in [0.15, 0.2) is 36.9 Å². The highest BCUT2D eigenvalue weighted by Gasteiger charge is 2.40. The largest absolute Gasteiger partial charge is 0.351 e. The smallest absolute Gasteiger partial charge is 0.245 e. The number of carbonyl (C=O) groups excluding carboxylic acids is 3. The molecule has 0 bridgehead atoms. The Balaban J connectivity index is 2.16. The van der Waals surface area contributed by atoms with Gasteiger partial charge in [0.05, 0.1) is 6.07 Å². The van der Waals surface area contributed by atoms with Crippen molar-refractivity contribution in [3.8, 4) is 6.07 Å². The molecule has 1 saturated heterocycles. The Morgan fingerprint density at radius 1 is 1.48 bits per heavy atom. The normalized spacial score (nSPS) is 17.7. The molecule has 0 saturated carbocycles. The molecule has 1 N–H and O–H groups in total. The average molecular weight is 339 g/mol.